The van der Waals surface area contributed by atoms with Crippen LogP contribution in [-0.2, 0) is 0 Å². The quantitative estimate of drug-likeness (QED) is 0.841. The Kier molecular flexibility index (Phi) is 4.71. The zero-order valence-electron chi connectivity index (χ0n) is 11.9. The van der Waals surface area contributed by atoms with E-state index in [1.165, 1.54) is 0 Å². The lowest BCUT2D eigenvalue weighted by molar-refractivity contribution is 0.839. The van der Waals surface area contributed by atoms with Crippen molar-refractivity contribution >= 4 is 11.3 Å². The molecule has 4 heteroatoms. The smallest absolute Gasteiger partial charge is 0.141 e. The lowest BCUT2D eigenvalue weighted by Gasteiger charge is -2.21. The highest BCUT2D eigenvalue weighted by Gasteiger charge is 2.17. The van der Waals surface area contributed by atoms with Crippen molar-refractivity contribution in [3.05, 3.63) is 41.9 Å². The third-order valence-corrected chi connectivity index (χ3v) is 2.83. The number of rotatable bonds is 4. The van der Waals surface area contributed by atoms with Crippen LogP contribution in [0.1, 0.15) is 25.2 Å². The molecule has 0 saturated carbocycles. The molecule has 0 saturated heterocycles. The van der Waals surface area contributed by atoms with Crippen LogP contribution < -0.4 is 10.6 Å². The fourth-order valence-electron chi connectivity index (χ4n) is 1.93. The molecule has 0 bridgehead atoms. The van der Waals surface area contributed by atoms with Crippen molar-refractivity contribution in [1.29, 1.82) is 5.26 Å². The molecular formula is C15H20N4. The summed E-state index contributed by atoms with van der Waals surface area (Å²) in [6, 6.07) is 5.66. The van der Waals surface area contributed by atoms with Crippen molar-refractivity contribution in [1.82, 2.24) is 4.98 Å². The number of anilines is 1. The molecule has 0 aliphatic heterocycles. The molecule has 0 atom stereocenters. The first-order valence-corrected chi connectivity index (χ1v) is 6.13. The summed E-state index contributed by atoms with van der Waals surface area (Å²) < 4.78 is 0. The van der Waals surface area contributed by atoms with E-state index in [0.717, 1.165) is 17.0 Å². The maximum absolute atomic E-state index is 9.01. The Morgan fingerprint density at radius 2 is 2.11 bits per heavy atom. The highest BCUT2D eigenvalue weighted by atomic mass is 15.1. The van der Waals surface area contributed by atoms with Crippen molar-refractivity contribution in [2.45, 2.75) is 13.8 Å². The van der Waals surface area contributed by atoms with E-state index in [-0.39, 0.29) is 5.92 Å². The molecule has 100 valence electrons. The Labute approximate surface area is 114 Å². The lowest BCUT2D eigenvalue weighted by atomic mass is 9.95. The molecule has 0 amide bonds. The van der Waals surface area contributed by atoms with Crippen molar-refractivity contribution < 1.29 is 0 Å². The molecule has 19 heavy (non-hydrogen) atoms. The van der Waals surface area contributed by atoms with Crippen molar-refractivity contribution in [2.75, 3.05) is 19.0 Å². The largest absolute Gasteiger partial charge is 0.398 e. The first-order chi connectivity index (χ1) is 8.92. The van der Waals surface area contributed by atoms with Gasteiger partial charge in [-0.1, -0.05) is 20.4 Å². The van der Waals surface area contributed by atoms with Crippen LogP contribution in [0.3, 0.4) is 0 Å². The lowest BCUT2D eigenvalue weighted by Crippen LogP contribution is -2.15. The summed E-state index contributed by atoms with van der Waals surface area (Å²) in [7, 11) is 3.88. The van der Waals surface area contributed by atoms with E-state index in [0.29, 0.717) is 11.4 Å². The normalized spacial score (nSPS) is 11.8. The maximum Gasteiger partial charge on any atom is 0.141 e. The van der Waals surface area contributed by atoms with Crippen molar-refractivity contribution in [2.24, 2.45) is 11.7 Å². The summed E-state index contributed by atoms with van der Waals surface area (Å²) in [5, 5.41) is 9.01. The number of allylic oxidation sites excluding steroid dienone is 2. The van der Waals surface area contributed by atoms with Crippen LogP contribution in [-0.4, -0.2) is 19.1 Å². The van der Waals surface area contributed by atoms with Gasteiger partial charge in [-0.25, -0.2) is 4.98 Å². The second-order valence-corrected chi connectivity index (χ2v) is 4.80. The van der Waals surface area contributed by atoms with Crippen LogP contribution in [0.25, 0.3) is 5.57 Å². The standard InChI is InChI=1S/C15H20N4/c1-6-12(17)14(10(2)3)15-13(19(4)5)8-7-11(9-16)18-15/h6-8,10H,1,17H2,2-5H3/b14-12+. The number of nitrogens with zero attached hydrogens (tertiary/aromatic N) is 3. The van der Waals surface area contributed by atoms with Gasteiger partial charge in [0.1, 0.15) is 11.8 Å². The fourth-order valence-corrected chi connectivity index (χ4v) is 1.93. The van der Waals surface area contributed by atoms with Crippen molar-refractivity contribution in [3.63, 3.8) is 0 Å². The van der Waals surface area contributed by atoms with Gasteiger partial charge in [-0.2, -0.15) is 5.26 Å². The molecule has 0 radical (unpaired) electrons. The molecule has 0 unspecified atom stereocenters. The minimum absolute atomic E-state index is 0.193. The Morgan fingerprint density at radius 1 is 1.47 bits per heavy atom. The van der Waals surface area contributed by atoms with E-state index in [1.54, 1.807) is 12.1 Å². The molecule has 0 fully saturated rings. The third kappa shape index (κ3) is 3.14. The predicted molar refractivity (Wildman–Crippen MR) is 79.4 cm³/mol. The summed E-state index contributed by atoms with van der Waals surface area (Å²) in [4.78, 5) is 6.38. The monoisotopic (exact) mass is 256 g/mol. The summed E-state index contributed by atoms with van der Waals surface area (Å²) in [5.41, 5.74) is 9.61. The minimum atomic E-state index is 0.193. The van der Waals surface area contributed by atoms with E-state index >= 15 is 0 Å². The van der Waals surface area contributed by atoms with Crippen LogP contribution in [0.4, 0.5) is 5.69 Å². The van der Waals surface area contributed by atoms with Crippen LogP contribution in [0, 0.1) is 17.2 Å². The second kappa shape index (κ2) is 6.05. The summed E-state index contributed by atoms with van der Waals surface area (Å²) in [6.07, 6.45) is 1.62. The molecular weight excluding hydrogens is 236 g/mol. The third-order valence-electron chi connectivity index (χ3n) is 2.83. The predicted octanol–water partition coefficient (Wildman–Crippen LogP) is 2.53. The molecule has 0 spiro atoms. The topological polar surface area (TPSA) is 65.9 Å². The first-order valence-electron chi connectivity index (χ1n) is 6.13. The number of nitrogens with two attached hydrogens (primary N) is 1. The maximum atomic E-state index is 9.01. The Morgan fingerprint density at radius 3 is 2.53 bits per heavy atom. The van der Waals surface area contributed by atoms with Crippen LogP contribution in [0.2, 0.25) is 0 Å². The molecule has 1 aromatic heterocycles. The van der Waals surface area contributed by atoms with Gasteiger partial charge in [-0.3, -0.25) is 0 Å². The average Bonchev–Trinajstić information content (AvgIpc) is 2.37. The Balaban J connectivity index is 3.62. The zero-order chi connectivity index (χ0) is 14.6. The van der Waals surface area contributed by atoms with Crippen LogP contribution in [0.5, 0.6) is 0 Å². The molecule has 0 aliphatic rings. The minimum Gasteiger partial charge on any atom is -0.398 e. The first kappa shape index (κ1) is 14.8. The molecule has 1 aromatic rings. The zero-order valence-corrected chi connectivity index (χ0v) is 11.9. The number of hydrogen-bond acceptors (Lipinski definition) is 4. The summed E-state index contributed by atoms with van der Waals surface area (Å²) >= 11 is 0. The fraction of sp³-hybridized carbons (Fsp3) is 0.333. The molecule has 1 heterocycles. The van der Waals surface area contributed by atoms with E-state index in [1.807, 2.05) is 38.9 Å². The van der Waals surface area contributed by atoms with Gasteiger partial charge in [0.25, 0.3) is 0 Å². The van der Waals surface area contributed by atoms with Gasteiger partial charge in [0.05, 0.1) is 11.4 Å². The van der Waals surface area contributed by atoms with Crippen LogP contribution >= 0.6 is 0 Å². The number of nitriles is 1. The summed E-state index contributed by atoms with van der Waals surface area (Å²) in [5.74, 6) is 0.193. The van der Waals surface area contributed by atoms with Gasteiger partial charge in [0, 0.05) is 25.4 Å². The number of aromatic nitrogens is 1. The van der Waals surface area contributed by atoms with E-state index < -0.39 is 0 Å². The summed E-state index contributed by atoms with van der Waals surface area (Å²) in [6.45, 7) is 7.81. The molecule has 1 rings (SSSR count). The van der Waals surface area contributed by atoms with Gasteiger partial charge in [0.2, 0.25) is 0 Å². The molecule has 0 aromatic carbocycles. The Hall–Kier alpha value is -2.28. The van der Waals surface area contributed by atoms with Gasteiger partial charge in [-0.15, -0.1) is 0 Å². The SMILES string of the molecule is C=C/C(N)=C(\c1nc(C#N)ccc1N(C)C)C(C)C. The average molecular weight is 256 g/mol. The number of hydrogen-bond donors (Lipinski definition) is 1. The Bertz CT molecular complexity index is 548. The van der Waals surface area contributed by atoms with Crippen molar-refractivity contribution in [3.8, 4) is 6.07 Å². The van der Waals surface area contributed by atoms with Gasteiger partial charge in [-0.05, 0) is 24.1 Å². The highest BCUT2D eigenvalue weighted by Crippen LogP contribution is 2.31. The van der Waals surface area contributed by atoms with Gasteiger partial charge < -0.3 is 10.6 Å². The van der Waals surface area contributed by atoms with Crippen LogP contribution in [0.15, 0.2) is 30.5 Å². The van der Waals surface area contributed by atoms with Gasteiger partial charge in [0.15, 0.2) is 0 Å². The van der Waals surface area contributed by atoms with E-state index in [4.69, 9.17) is 11.0 Å². The van der Waals surface area contributed by atoms with E-state index in [2.05, 4.69) is 17.6 Å². The molecule has 0 aliphatic carbocycles. The molecule has 2 N–H and O–H groups in total. The van der Waals surface area contributed by atoms with E-state index in [9.17, 15) is 0 Å². The molecule has 4 nitrogen and oxygen atoms in total. The second-order valence-electron chi connectivity index (χ2n) is 4.80. The highest BCUT2D eigenvalue weighted by molar-refractivity contribution is 5.78. The number of pyridine rings is 1. The van der Waals surface area contributed by atoms with Gasteiger partial charge >= 0.3 is 0 Å².